The molecule has 0 bridgehead atoms. The number of carbonyl (C=O) groups excluding carboxylic acids is 1. The maximum Gasteiger partial charge on any atom is 0.272 e. The fourth-order valence-electron chi connectivity index (χ4n) is 3.74. The van der Waals surface area contributed by atoms with Crippen LogP contribution in [0, 0.1) is 0 Å². The van der Waals surface area contributed by atoms with Crippen LogP contribution in [0.3, 0.4) is 0 Å². The predicted molar refractivity (Wildman–Crippen MR) is 97.9 cm³/mol. The topological polar surface area (TPSA) is 104 Å². The van der Waals surface area contributed by atoms with Crippen LogP contribution in [0.1, 0.15) is 59.8 Å². The molecular weight excluding hydrogens is 330 g/mol. The van der Waals surface area contributed by atoms with E-state index in [0.29, 0.717) is 22.6 Å². The monoisotopic (exact) mass is 351 g/mol. The largest absolute Gasteiger partial charge is 0.346 e. The Bertz CT molecular complexity index is 985. The van der Waals surface area contributed by atoms with Gasteiger partial charge in [0.1, 0.15) is 0 Å². The highest BCUT2D eigenvalue weighted by molar-refractivity contribution is 5.95. The van der Waals surface area contributed by atoms with Crippen molar-refractivity contribution in [2.24, 2.45) is 0 Å². The summed E-state index contributed by atoms with van der Waals surface area (Å²) in [5.41, 5.74) is 1.94. The Morgan fingerprint density at radius 2 is 1.88 bits per heavy atom. The minimum absolute atomic E-state index is 0.170. The number of benzene rings is 1. The van der Waals surface area contributed by atoms with Crippen molar-refractivity contribution in [3.63, 3.8) is 0 Å². The lowest BCUT2D eigenvalue weighted by Gasteiger charge is -2.21. The highest BCUT2D eigenvalue weighted by atomic mass is 16.1. The van der Waals surface area contributed by atoms with Gasteiger partial charge in [-0.3, -0.25) is 14.7 Å². The van der Waals surface area contributed by atoms with E-state index in [1.165, 1.54) is 19.3 Å². The lowest BCUT2D eigenvalue weighted by Crippen LogP contribution is -2.26. The number of H-pyrrole nitrogens is 2. The maximum absolute atomic E-state index is 12.7. The average Bonchev–Trinajstić information content (AvgIpc) is 3.18. The Labute approximate surface area is 150 Å². The summed E-state index contributed by atoms with van der Waals surface area (Å²) in [7, 11) is 0. The Hall–Kier alpha value is -2.96. The number of nitrogens with zero attached hydrogens (tertiary/aromatic N) is 2. The van der Waals surface area contributed by atoms with Gasteiger partial charge in [0.15, 0.2) is 0 Å². The number of fused-ring (bicyclic) bond motifs is 1. The summed E-state index contributed by atoms with van der Waals surface area (Å²) in [5, 5.41) is 17.9. The first-order chi connectivity index (χ1) is 12.7. The van der Waals surface area contributed by atoms with Crippen LogP contribution in [0.4, 0.5) is 0 Å². The smallest absolute Gasteiger partial charge is 0.272 e. The van der Waals surface area contributed by atoms with Crippen LogP contribution in [-0.4, -0.2) is 26.3 Å². The van der Waals surface area contributed by atoms with Gasteiger partial charge in [0.25, 0.3) is 11.5 Å². The van der Waals surface area contributed by atoms with Crippen molar-refractivity contribution in [2.45, 2.75) is 44.6 Å². The summed E-state index contributed by atoms with van der Waals surface area (Å²) in [5.74, 6) is 0.204. The van der Waals surface area contributed by atoms with E-state index in [2.05, 4.69) is 25.7 Å². The quantitative estimate of drug-likeness (QED) is 0.672. The summed E-state index contributed by atoms with van der Waals surface area (Å²) < 4.78 is 0. The van der Waals surface area contributed by atoms with E-state index >= 15 is 0 Å². The number of rotatable bonds is 4. The first-order valence-electron chi connectivity index (χ1n) is 9.02. The van der Waals surface area contributed by atoms with Crippen molar-refractivity contribution in [3.05, 3.63) is 57.8 Å². The number of hydrogen-bond acceptors (Lipinski definition) is 4. The predicted octanol–water partition coefficient (Wildman–Crippen LogP) is 2.62. The second-order valence-corrected chi connectivity index (χ2v) is 6.76. The fourth-order valence-corrected chi connectivity index (χ4v) is 3.74. The van der Waals surface area contributed by atoms with Crippen LogP contribution in [0.15, 0.2) is 35.3 Å². The first-order valence-corrected chi connectivity index (χ1v) is 9.02. The zero-order valence-corrected chi connectivity index (χ0v) is 14.4. The fraction of sp³-hybridized carbons (Fsp3) is 0.368. The van der Waals surface area contributed by atoms with Gasteiger partial charge >= 0.3 is 0 Å². The van der Waals surface area contributed by atoms with Crippen molar-refractivity contribution >= 4 is 16.7 Å². The number of aromatic nitrogens is 4. The average molecular weight is 351 g/mol. The molecule has 134 valence electrons. The zero-order chi connectivity index (χ0) is 17.9. The minimum atomic E-state index is -0.231. The third kappa shape index (κ3) is 3.12. The molecule has 0 unspecified atom stereocenters. The number of nitrogens with one attached hydrogen (secondary N) is 3. The molecule has 0 radical (unpaired) electrons. The zero-order valence-electron chi connectivity index (χ0n) is 14.4. The highest BCUT2D eigenvalue weighted by Gasteiger charge is 2.23. The van der Waals surface area contributed by atoms with Crippen molar-refractivity contribution in [3.8, 4) is 0 Å². The molecule has 4 rings (SSSR count). The summed E-state index contributed by atoms with van der Waals surface area (Å²) in [4.78, 5) is 24.5. The number of hydrogen-bond donors (Lipinski definition) is 3. The molecule has 0 spiro atoms. The van der Waals surface area contributed by atoms with Crippen LogP contribution in [-0.2, 0) is 6.54 Å². The SMILES string of the molecule is O=C(NCc1n[nH]c(=O)c2ccccc12)c1cn[nH]c1C1CCCCC1. The third-order valence-corrected chi connectivity index (χ3v) is 5.12. The Balaban J connectivity index is 1.53. The Morgan fingerprint density at radius 3 is 2.69 bits per heavy atom. The lowest BCUT2D eigenvalue weighted by atomic mass is 9.85. The molecule has 3 aromatic rings. The second-order valence-electron chi connectivity index (χ2n) is 6.76. The first kappa shape index (κ1) is 16.5. The van der Waals surface area contributed by atoms with E-state index in [9.17, 15) is 9.59 Å². The molecule has 1 aromatic carbocycles. The molecule has 2 aromatic heterocycles. The van der Waals surface area contributed by atoms with Crippen LogP contribution in [0.25, 0.3) is 10.8 Å². The second kappa shape index (κ2) is 7.11. The summed E-state index contributed by atoms with van der Waals surface area (Å²) in [6, 6.07) is 7.25. The van der Waals surface area contributed by atoms with E-state index in [0.717, 1.165) is 23.9 Å². The van der Waals surface area contributed by atoms with Crippen molar-refractivity contribution in [1.29, 1.82) is 0 Å². The summed E-state index contributed by atoms with van der Waals surface area (Å²) in [6.45, 7) is 0.241. The van der Waals surface area contributed by atoms with E-state index in [1.807, 2.05) is 18.2 Å². The third-order valence-electron chi connectivity index (χ3n) is 5.12. The van der Waals surface area contributed by atoms with Crippen molar-refractivity contribution in [2.75, 3.05) is 0 Å². The van der Waals surface area contributed by atoms with Crippen LogP contribution < -0.4 is 10.9 Å². The normalized spacial score (nSPS) is 15.2. The number of amides is 1. The van der Waals surface area contributed by atoms with Gasteiger partial charge in [-0.1, -0.05) is 37.5 Å². The van der Waals surface area contributed by atoms with Gasteiger partial charge in [-0.15, -0.1) is 0 Å². The molecule has 1 aliphatic carbocycles. The van der Waals surface area contributed by atoms with E-state index in [1.54, 1.807) is 12.3 Å². The van der Waals surface area contributed by atoms with Crippen LogP contribution in [0.2, 0.25) is 0 Å². The maximum atomic E-state index is 12.7. The Kier molecular flexibility index (Phi) is 4.51. The van der Waals surface area contributed by atoms with Gasteiger partial charge in [-0.05, 0) is 18.9 Å². The molecule has 3 N–H and O–H groups in total. The molecule has 26 heavy (non-hydrogen) atoms. The van der Waals surface area contributed by atoms with Gasteiger partial charge in [-0.2, -0.15) is 10.2 Å². The van der Waals surface area contributed by atoms with Gasteiger partial charge in [0, 0.05) is 11.3 Å². The van der Waals surface area contributed by atoms with Crippen LogP contribution in [0.5, 0.6) is 0 Å². The molecule has 0 aliphatic heterocycles. The molecule has 1 fully saturated rings. The van der Waals surface area contributed by atoms with E-state index in [-0.39, 0.29) is 18.0 Å². The standard InChI is InChI=1S/C19H21N5O2/c25-18(15-10-21-23-17(15)12-6-2-1-3-7-12)20-11-16-13-8-4-5-9-14(13)19(26)24-22-16/h4-5,8-10,12H,1-3,6-7,11H2,(H,20,25)(H,21,23)(H,24,26). The van der Waals surface area contributed by atoms with E-state index < -0.39 is 0 Å². The highest BCUT2D eigenvalue weighted by Crippen LogP contribution is 2.33. The molecule has 0 saturated heterocycles. The lowest BCUT2D eigenvalue weighted by molar-refractivity contribution is 0.0949. The molecule has 1 aliphatic rings. The van der Waals surface area contributed by atoms with Crippen LogP contribution >= 0.6 is 0 Å². The molecular formula is C19H21N5O2. The van der Waals surface area contributed by atoms with Gasteiger partial charge < -0.3 is 5.32 Å². The molecule has 7 heteroatoms. The van der Waals surface area contributed by atoms with Crippen molar-refractivity contribution in [1.82, 2.24) is 25.7 Å². The molecule has 1 saturated carbocycles. The molecule has 0 atom stereocenters. The number of carbonyl (C=O) groups is 1. The van der Waals surface area contributed by atoms with E-state index in [4.69, 9.17) is 0 Å². The van der Waals surface area contributed by atoms with Gasteiger partial charge in [0.05, 0.1) is 35.1 Å². The summed E-state index contributed by atoms with van der Waals surface area (Å²) >= 11 is 0. The Morgan fingerprint density at radius 1 is 1.12 bits per heavy atom. The van der Waals surface area contributed by atoms with Crippen molar-refractivity contribution < 1.29 is 4.79 Å². The van der Waals surface area contributed by atoms with Gasteiger partial charge in [-0.25, -0.2) is 5.10 Å². The summed E-state index contributed by atoms with van der Waals surface area (Å²) in [6.07, 6.45) is 7.42. The van der Waals surface area contributed by atoms with Gasteiger partial charge in [0.2, 0.25) is 0 Å². The minimum Gasteiger partial charge on any atom is -0.346 e. The molecule has 7 nitrogen and oxygen atoms in total. The number of aromatic amines is 2. The molecule has 1 amide bonds. The molecule has 2 heterocycles.